The summed E-state index contributed by atoms with van der Waals surface area (Å²) in [5, 5.41) is 10.4. The van der Waals surface area contributed by atoms with E-state index >= 15 is 0 Å². The van der Waals surface area contributed by atoms with Crippen molar-refractivity contribution in [1.29, 1.82) is 0 Å². The Morgan fingerprint density at radius 1 is 1.50 bits per heavy atom. The minimum absolute atomic E-state index is 0.260. The van der Waals surface area contributed by atoms with Gasteiger partial charge in [-0.25, -0.2) is 0 Å². The number of rotatable bonds is 7. The van der Waals surface area contributed by atoms with Gasteiger partial charge in [-0.15, -0.1) is 0 Å². The Morgan fingerprint density at radius 3 is 2.81 bits per heavy atom. The first-order valence-electron chi connectivity index (χ1n) is 5.90. The number of hydrogen-bond acceptors (Lipinski definition) is 3. The summed E-state index contributed by atoms with van der Waals surface area (Å²) in [6.07, 6.45) is 4.37. The van der Waals surface area contributed by atoms with Crippen molar-refractivity contribution in [2.24, 2.45) is 0 Å². The van der Waals surface area contributed by atoms with Crippen LogP contribution >= 0.6 is 0 Å². The van der Waals surface area contributed by atoms with E-state index in [1.807, 2.05) is 6.20 Å². The minimum Gasteiger partial charge on any atom is -0.380 e. The third-order valence-electron chi connectivity index (χ3n) is 3.10. The molecule has 0 amide bonds. The van der Waals surface area contributed by atoms with Gasteiger partial charge in [-0.2, -0.15) is 5.10 Å². The average molecular weight is 225 g/mol. The fourth-order valence-corrected chi connectivity index (χ4v) is 1.61. The molecule has 92 valence electrons. The molecule has 2 atom stereocenters. The second-order valence-electron chi connectivity index (χ2n) is 4.31. The molecule has 0 saturated carbocycles. The Kier molecular flexibility index (Phi) is 5.49. The quantitative estimate of drug-likeness (QED) is 0.694. The van der Waals surface area contributed by atoms with Crippen LogP contribution in [-0.4, -0.2) is 36.0 Å². The van der Waals surface area contributed by atoms with Crippen LogP contribution in [0.2, 0.25) is 0 Å². The summed E-state index contributed by atoms with van der Waals surface area (Å²) in [7, 11) is 1.75. The van der Waals surface area contributed by atoms with Gasteiger partial charge in [0.05, 0.1) is 12.3 Å². The Labute approximate surface area is 97.8 Å². The van der Waals surface area contributed by atoms with E-state index in [4.69, 9.17) is 4.74 Å². The predicted octanol–water partition coefficient (Wildman–Crippen LogP) is 1.66. The van der Waals surface area contributed by atoms with Crippen molar-refractivity contribution in [3.63, 3.8) is 0 Å². The van der Waals surface area contributed by atoms with Crippen molar-refractivity contribution < 1.29 is 4.74 Å². The summed E-state index contributed by atoms with van der Waals surface area (Å²) in [4.78, 5) is 0. The van der Waals surface area contributed by atoms with E-state index in [0.717, 1.165) is 19.4 Å². The van der Waals surface area contributed by atoms with Crippen molar-refractivity contribution in [2.75, 3.05) is 13.7 Å². The smallest absolute Gasteiger partial charge is 0.0693 e. The first-order valence-corrected chi connectivity index (χ1v) is 5.90. The van der Waals surface area contributed by atoms with Gasteiger partial charge in [0, 0.05) is 18.8 Å². The van der Waals surface area contributed by atoms with Gasteiger partial charge in [-0.1, -0.05) is 0 Å². The lowest BCUT2D eigenvalue weighted by atomic mass is 10.1. The molecule has 16 heavy (non-hydrogen) atoms. The van der Waals surface area contributed by atoms with Crippen LogP contribution in [0, 0.1) is 6.92 Å². The van der Waals surface area contributed by atoms with Crippen LogP contribution in [0.25, 0.3) is 0 Å². The van der Waals surface area contributed by atoms with E-state index in [-0.39, 0.29) is 6.10 Å². The third kappa shape index (κ3) is 3.94. The van der Waals surface area contributed by atoms with Gasteiger partial charge in [0.15, 0.2) is 0 Å². The SMILES string of the molecule is COC(C)C(C)NCCCc1cn[nH]c1C. The largest absolute Gasteiger partial charge is 0.380 e. The summed E-state index contributed by atoms with van der Waals surface area (Å²) < 4.78 is 5.26. The van der Waals surface area contributed by atoms with Gasteiger partial charge in [-0.3, -0.25) is 5.10 Å². The highest BCUT2D eigenvalue weighted by molar-refractivity contribution is 5.14. The second-order valence-corrected chi connectivity index (χ2v) is 4.31. The number of nitrogens with one attached hydrogen (secondary N) is 2. The molecule has 0 bridgehead atoms. The maximum Gasteiger partial charge on any atom is 0.0693 e. The zero-order valence-corrected chi connectivity index (χ0v) is 10.7. The Balaban J connectivity index is 2.15. The summed E-state index contributed by atoms with van der Waals surface area (Å²) in [6, 6.07) is 0.399. The van der Waals surface area contributed by atoms with Crippen molar-refractivity contribution >= 4 is 0 Å². The number of ether oxygens (including phenoxy) is 1. The number of methoxy groups -OCH3 is 1. The summed E-state index contributed by atoms with van der Waals surface area (Å²) in [5.74, 6) is 0. The Bertz CT molecular complexity index is 298. The molecule has 0 aromatic carbocycles. The number of aromatic nitrogens is 2. The topological polar surface area (TPSA) is 49.9 Å². The zero-order chi connectivity index (χ0) is 12.0. The Morgan fingerprint density at radius 2 is 2.25 bits per heavy atom. The maximum atomic E-state index is 5.26. The number of aryl methyl sites for hydroxylation is 2. The lowest BCUT2D eigenvalue weighted by molar-refractivity contribution is 0.0888. The highest BCUT2D eigenvalue weighted by atomic mass is 16.5. The molecule has 1 heterocycles. The van der Waals surface area contributed by atoms with Crippen molar-refractivity contribution in [1.82, 2.24) is 15.5 Å². The van der Waals surface area contributed by atoms with Crippen LogP contribution in [0.5, 0.6) is 0 Å². The van der Waals surface area contributed by atoms with Gasteiger partial charge >= 0.3 is 0 Å². The molecule has 0 aliphatic carbocycles. The first kappa shape index (κ1) is 13.2. The molecule has 0 spiro atoms. The maximum absolute atomic E-state index is 5.26. The second kappa shape index (κ2) is 6.66. The molecule has 0 radical (unpaired) electrons. The highest BCUT2D eigenvalue weighted by Crippen LogP contribution is 2.05. The van der Waals surface area contributed by atoms with Gasteiger partial charge < -0.3 is 10.1 Å². The number of aromatic amines is 1. The van der Waals surface area contributed by atoms with Crippen molar-refractivity contribution in [3.8, 4) is 0 Å². The summed E-state index contributed by atoms with van der Waals surface area (Å²) in [6.45, 7) is 7.31. The summed E-state index contributed by atoms with van der Waals surface area (Å²) in [5.41, 5.74) is 2.49. The standard InChI is InChI=1S/C12H23N3O/c1-9(11(3)16-4)13-7-5-6-12-8-14-15-10(12)2/h8-9,11,13H,5-7H2,1-4H3,(H,14,15). The summed E-state index contributed by atoms with van der Waals surface area (Å²) >= 11 is 0. The molecule has 1 aromatic heterocycles. The fraction of sp³-hybridized carbons (Fsp3) is 0.750. The van der Waals surface area contributed by atoms with E-state index in [2.05, 4.69) is 36.3 Å². The van der Waals surface area contributed by atoms with Gasteiger partial charge in [-0.05, 0) is 45.7 Å². The van der Waals surface area contributed by atoms with E-state index in [1.165, 1.54) is 11.3 Å². The van der Waals surface area contributed by atoms with E-state index < -0.39 is 0 Å². The average Bonchev–Trinajstić information content (AvgIpc) is 2.69. The molecule has 4 heteroatoms. The molecule has 1 rings (SSSR count). The van der Waals surface area contributed by atoms with E-state index in [0.29, 0.717) is 6.04 Å². The number of H-pyrrole nitrogens is 1. The van der Waals surface area contributed by atoms with Crippen molar-refractivity contribution in [3.05, 3.63) is 17.5 Å². The van der Waals surface area contributed by atoms with Crippen LogP contribution in [0.15, 0.2) is 6.20 Å². The van der Waals surface area contributed by atoms with Crippen LogP contribution in [-0.2, 0) is 11.2 Å². The molecule has 1 aromatic rings. The Hall–Kier alpha value is -0.870. The number of hydrogen-bond donors (Lipinski definition) is 2. The van der Waals surface area contributed by atoms with Crippen LogP contribution in [0.1, 0.15) is 31.5 Å². The first-order chi connectivity index (χ1) is 7.65. The van der Waals surface area contributed by atoms with Crippen LogP contribution < -0.4 is 5.32 Å². The van der Waals surface area contributed by atoms with Gasteiger partial charge in [0.2, 0.25) is 0 Å². The fourth-order valence-electron chi connectivity index (χ4n) is 1.61. The normalized spacial score (nSPS) is 15.0. The van der Waals surface area contributed by atoms with E-state index in [1.54, 1.807) is 7.11 Å². The molecule has 0 fully saturated rings. The van der Waals surface area contributed by atoms with Gasteiger partial charge in [0.25, 0.3) is 0 Å². The molecule has 0 saturated heterocycles. The molecular weight excluding hydrogens is 202 g/mol. The monoisotopic (exact) mass is 225 g/mol. The molecule has 0 aliphatic heterocycles. The minimum atomic E-state index is 0.260. The molecule has 2 unspecified atom stereocenters. The van der Waals surface area contributed by atoms with E-state index in [9.17, 15) is 0 Å². The zero-order valence-electron chi connectivity index (χ0n) is 10.7. The third-order valence-corrected chi connectivity index (χ3v) is 3.10. The number of nitrogens with zero attached hydrogens (tertiary/aromatic N) is 1. The lowest BCUT2D eigenvalue weighted by Gasteiger charge is -2.19. The molecule has 4 nitrogen and oxygen atoms in total. The highest BCUT2D eigenvalue weighted by Gasteiger charge is 2.09. The van der Waals surface area contributed by atoms with Gasteiger partial charge in [0.1, 0.15) is 0 Å². The molecular formula is C12H23N3O. The predicted molar refractivity (Wildman–Crippen MR) is 65.6 cm³/mol. The lowest BCUT2D eigenvalue weighted by Crippen LogP contribution is -2.37. The van der Waals surface area contributed by atoms with Crippen molar-refractivity contribution in [2.45, 2.75) is 45.8 Å². The van der Waals surface area contributed by atoms with Crippen LogP contribution in [0.4, 0.5) is 0 Å². The van der Waals surface area contributed by atoms with Crippen LogP contribution in [0.3, 0.4) is 0 Å². The molecule has 2 N–H and O–H groups in total. The molecule has 0 aliphatic rings.